The molecule has 10 nitrogen and oxygen atoms in total. The predicted molar refractivity (Wildman–Crippen MR) is 117 cm³/mol. The Morgan fingerprint density at radius 3 is 2.50 bits per heavy atom. The number of amides is 3. The smallest absolute Gasteiger partial charge is 0.293 e. The number of nitro groups is 1. The lowest BCUT2D eigenvalue weighted by Crippen LogP contribution is -2.33. The molecule has 160 valence electrons. The molecule has 2 N–H and O–H groups in total. The number of nitrogens with one attached hydrogen (secondary N) is 2. The van der Waals surface area contributed by atoms with Gasteiger partial charge in [0.1, 0.15) is 5.76 Å². The number of carbonyl (C=O) groups is 3. The van der Waals surface area contributed by atoms with E-state index in [2.05, 4.69) is 10.6 Å². The minimum absolute atomic E-state index is 0.0660. The molecular weight excluding hydrogens is 436 g/mol. The summed E-state index contributed by atoms with van der Waals surface area (Å²) in [5.41, 5.74) is 1.01. The SMILES string of the molecule is CN1C(=O)c2ccc(NC(=S)NC(=O)c3ccc(-c4ccccc4[N+](=O)[O-])o3)cc2C1=O. The van der Waals surface area contributed by atoms with Crippen LogP contribution >= 0.6 is 12.2 Å². The van der Waals surface area contributed by atoms with Crippen molar-refractivity contribution in [1.29, 1.82) is 0 Å². The van der Waals surface area contributed by atoms with Crippen LogP contribution in [-0.4, -0.2) is 39.7 Å². The number of anilines is 1. The van der Waals surface area contributed by atoms with E-state index in [4.69, 9.17) is 16.6 Å². The van der Waals surface area contributed by atoms with Crippen LogP contribution in [0.25, 0.3) is 11.3 Å². The van der Waals surface area contributed by atoms with Gasteiger partial charge >= 0.3 is 0 Å². The van der Waals surface area contributed by atoms with E-state index in [9.17, 15) is 24.5 Å². The van der Waals surface area contributed by atoms with Crippen molar-refractivity contribution in [1.82, 2.24) is 10.2 Å². The van der Waals surface area contributed by atoms with Crippen molar-refractivity contribution in [3.63, 3.8) is 0 Å². The molecule has 0 radical (unpaired) electrons. The lowest BCUT2D eigenvalue weighted by Gasteiger charge is -2.09. The molecule has 1 aromatic heterocycles. The predicted octanol–water partition coefficient (Wildman–Crippen LogP) is 3.21. The summed E-state index contributed by atoms with van der Waals surface area (Å²) in [6.45, 7) is 0. The maximum atomic E-state index is 12.5. The van der Waals surface area contributed by atoms with Gasteiger partial charge in [-0.3, -0.25) is 34.7 Å². The Labute approximate surface area is 186 Å². The number of carbonyl (C=O) groups excluding carboxylic acids is 3. The quantitative estimate of drug-likeness (QED) is 0.268. The van der Waals surface area contributed by atoms with E-state index in [0.29, 0.717) is 5.69 Å². The first-order chi connectivity index (χ1) is 15.3. The lowest BCUT2D eigenvalue weighted by molar-refractivity contribution is -0.384. The van der Waals surface area contributed by atoms with Crippen LogP contribution in [0.3, 0.4) is 0 Å². The molecular formula is C21H14N4O6S. The van der Waals surface area contributed by atoms with Crippen molar-refractivity contribution in [3.8, 4) is 11.3 Å². The molecule has 2 heterocycles. The lowest BCUT2D eigenvalue weighted by atomic mass is 10.1. The Balaban J connectivity index is 1.46. The molecule has 0 atom stereocenters. The highest BCUT2D eigenvalue weighted by Crippen LogP contribution is 2.31. The van der Waals surface area contributed by atoms with Gasteiger partial charge in [-0.2, -0.15) is 0 Å². The van der Waals surface area contributed by atoms with Crippen LogP contribution < -0.4 is 10.6 Å². The van der Waals surface area contributed by atoms with Gasteiger partial charge in [0, 0.05) is 18.8 Å². The molecule has 3 amide bonds. The second kappa shape index (κ2) is 8.04. The van der Waals surface area contributed by atoms with Crippen molar-refractivity contribution in [2.45, 2.75) is 0 Å². The van der Waals surface area contributed by atoms with Gasteiger partial charge in [-0.15, -0.1) is 0 Å². The Morgan fingerprint density at radius 2 is 1.75 bits per heavy atom. The maximum absolute atomic E-state index is 12.5. The molecule has 0 fully saturated rings. The number of fused-ring (bicyclic) bond motifs is 1. The molecule has 4 rings (SSSR count). The molecule has 2 aromatic carbocycles. The van der Waals surface area contributed by atoms with Gasteiger partial charge in [0.2, 0.25) is 0 Å². The van der Waals surface area contributed by atoms with Gasteiger partial charge in [-0.25, -0.2) is 0 Å². The number of rotatable bonds is 4. The fourth-order valence-corrected chi connectivity index (χ4v) is 3.42. The fraction of sp³-hybridized carbons (Fsp3) is 0.0476. The zero-order chi connectivity index (χ0) is 23.0. The summed E-state index contributed by atoms with van der Waals surface area (Å²) in [6.07, 6.45) is 0. The van der Waals surface area contributed by atoms with E-state index in [1.165, 1.54) is 49.5 Å². The van der Waals surface area contributed by atoms with Gasteiger partial charge in [0.25, 0.3) is 23.4 Å². The molecule has 11 heteroatoms. The van der Waals surface area contributed by atoms with Gasteiger partial charge in [0.05, 0.1) is 21.6 Å². The first-order valence-corrected chi connectivity index (χ1v) is 9.59. The monoisotopic (exact) mass is 450 g/mol. The van der Waals surface area contributed by atoms with Crippen LogP contribution in [0.1, 0.15) is 31.3 Å². The highest BCUT2D eigenvalue weighted by Gasteiger charge is 2.32. The standard InChI is InChI=1S/C21H14N4O6S/c1-24-19(27)12-7-6-11(10-14(12)20(24)28)22-21(32)23-18(26)17-9-8-16(31-17)13-4-2-3-5-15(13)25(29)30/h2-10H,1H3,(H2,22,23,26,32). The summed E-state index contributed by atoms with van der Waals surface area (Å²) in [6, 6.07) is 13.4. The van der Waals surface area contributed by atoms with Gasteiger partial charge in [-0.05, 0) is 48.6 Å². The number of nitro benzene ring substituents is 1. The molecule has 1 aliphatic rings. The number of imide groups is 1. The van der Waals surface area contributed by atoms with Crippen molar-refractivity contribution in [2.24, 2.45) is 0 Å². The van der Waals surface area contributed by atoms with E-state index >= 15 is 0 Å². The summed E-state index contributed by atoms with van der Waals surface area (Å²) < 4.78 is 5.48. The highest BCUT2D eigenvalue weighted by molar-refractivity contribution is 7.80. The number of thiocarbonyl (C=S) groups is 1. The Hall–Kier alpha value is -4.38. The van der Waals surface area contributed by atoms with E-state index in [1.54, 1.807) is 12.1 Å². The summed E-state index contributed by atoms with van der Waals surface area (Å²) in [5, 5.41) is 16.3. The van der Waals surface area contributed by atoms with Gasteiger partial charge in [0.15, 0.2) is 10.9 Å². The van der Waals surface area contributed by atoms with E-state index in [-0.39, 0.29) is 44.9 Å². The van der Waals surface area contributed by atoms with Crippen LogP contribution in [0, 0.1) is 10.1 Å². The number of nitrogens with zero attached hydrogens (tertiary/aromatic N) is 2. The number of hydrogen-bond acceptors (Lipinski definition) is 7. The largest absolute Gasteiger partial charge is 0.451 e. The minimum atomic E-state index is -0.667. The van der Waals surface area contributed by atoms with Crippen molar-refractivity contribution in [3.05, 3.63) is 81.6 Å². The van der Waals surface area contributed by atoms with Crippen LogP contribution in [0.5, 0.6) is 0 Å². The average molecular weight is 450 g/mol. The summed E-state index contributed by atoms with van der Waals surface area (Å²) in [5.74, 6) is -1.42. The molecule has 0 saturated heterocycles. The molecule has 32 heavy (non-hydrogen) atoms. The molecule has 0 spiro atoms. The first-order valence-electron chi connectivity index (χ1n) is 9.18. The Kier molecular flexibility index (Phi) is 5.24. The third kappa shape index (κ3) is 3.72. The van der Waals surface area contributed by atoms with Crippen molar-refractivity contribution >= 4 is 46.4 Å². The summed E-state index contributed by atoms with van der Waals surface area (Å²) in [7, 11) is 1.39. The zero-order valence-corrected chi connectivity index (χ0v) is 17.3. The van der Waals surface area contributed by atoms with E-state index < -0.39 is 16.7 Å². The maximum Gasteiger partial charge on any atom is 0.293 e. The third-order valence-electron chi connectivity index (χ3n) is 4.77. The summed E-state index contributed by atoms with van der Waals surface area (Å²) in [4.78, 5) is 48.2. The van der Waals surface area contributed by atoms with Gasteiger partial charge < -0.3 is 9.73 Å². The van der Waals surface area contributed by atoms with E-state index in [1.807, 2.05) is 0 Å². The van der Waals surface area contributed by atoms with Crippen LogP contribution in [-0.2, 0) is 0 Å². The minimum Gasteiger partial charge on any atom is -0.451 e. The van der Waals surface area contributed by atoms with Crippen LogP contribution in [0.2, 0.25) is 0 Å². The summed E-state index contributed by atoms with van der Waals surface area (Å²) >= 11 is 5.13. The van der Waals surface area contributed by atoms with Gasteiger partial charge in [-0.1, -0.05) is 12.1 Å². The fourth-order valence-electron chi connectivity index (χ4n) is 3.21. The average Bonchev–Trinajstić information content (AvgIpc) is 3.34. The molecule has 0 unspecified atom stereocenters. The first kappa shape index (κ1) is 20.9. The van der Waals surface area contributed by atoms with E-state index in [0.717, 1.165) is 4.90 Å². The molecule has 1 aliphatic heterocycles. The van der Waals surface area contributed by atoms with Crippen molar-refractivity contribution in [2.75, 3.05) is 12.4 Å². The normalized spacial score (nSPS) is 12.5. The molecule has 3 aromatic rings. The molecule has 0 aliphatic carbocycles. The number of benzene rings is 2. The molecule has 0 bridgehead atoms. The van der Waals surface area contributed by atoms with Crippen molar-refractivity contribution < 1.29 is 23.7 Å². The van der Waals surface area contributed by atoms with Crippen LogP contribution in [0.15, 0.2) is 59.0 Å². The number of hydrogen-bond donors (Lipinski definition) is 2. The molecule has 0 saturated carbocycles. The topological polar surface area (TPSA) is 135 Å². The number of para-hydroxylation sites is 1. The second-order valence-electron chi connectivity index (χ2n) is 6.78. The third-order valence-corrected chi connectivity index (χ3v) is 4.97. The van der Waals surface area contributed by atoms with Crippen LogP contribution in [0.4, 0.5) is 11.4 Å². The number of furan rings is 1. The Morgan fingerprint density at radius 1 is 1.03 bits per heavy atom. The second-order valence-corrected chi connectivity index (χ2v) is 7.18. The highest BCUT2D eigenvalue weighted by atomic mass is 32.1. The zero-order valence-electron chi connectivity index (χ0n) is 16.4. The Bertz CT molecular complexity index is 1320.